The van der Waals surface area contributed by atoms with E-state index in [0.717, 1.165) is 13.1 Å². The van der Waals surface area contributed by atoms with Gasteiger partial charge in [-0.2, -0.15) is 0 Å². The van der Waals surface area contributed by atoms with Crippen LogP contribution in [-0.2, 0) is 0 Å². The summed E-state index contributed by atoms with van der Waals surface area (Å²) in [4.78, 5) is 2.59. The molecular formula is C18H30N2. The van der Waals surface area contributed by atoms with Crippen LogP contribution in [0.3, 0.4) is 0 Å². The molecule has 1 aromatic rings. The lowest BCUT2D eigenvalue weighted by Gasteiger charge is -2.44. The third-order valence-electron chi connectivity index (χ3n) is 4.90. The van der Waals surface area contributed by atoms with Gasteiger partial charge < -0.3 is 10.2 Å². The third-order valence-corrected chi connectivity index (χ3v) is 4.90. The molecular weight excluding hydrogens is 244 g/mol. The number of hydrogen-bond donors (Lipinski definition) is 1. The first-order valence-electron chi connectivity index (χ1n) is 8.14. The maximum Gasteiger partial charge on any atom is 0.0371 e. The summed E-state index contributed by atoms with van der Waals surface area (Å²) >= 11 is 0. The normalized spacial score (nSPS) is 27.1. The zero-order chi connectivity index (χ0) is 14.7. The number of rotatable bonds is 4. The lowest BCUT2D eigenvalue weighted by Crippen LogP contribution is -2.53. The van der Waals surface area contributed by atoms with Gasteiger partial charge in [0.1, 0.15) is 0 Å². The smallest absolute Gasteiger partial charge is 0.0371 e. The summed E-state index contributed by atoms with van der Waals surface area (Å²) in [6.07, 6.45) is 1.24. The molecule has 3 atom stereocenters. The predicted octanol–water partition coefficient (Wildman–Crippen LogP) is 4.02. The topological polar surface area (TPSA) is 15.3 Å². The molecule has 0 aromatic heterocycles. The van der Waals surface area contributed by atoms with Crippen LogP contribution in [0.5, 0.6) is 0 Å². The van der Waals surface area contributed by atoms with E-state index in [0.29, 0.717) is 23.9 Å². The highest BCUT2D eigenvalue weighted by Gasteiger charge is 2.31. The van der Waals surface area contributed by atoms with Gasteiger partial charge in [0.05, 0.1) is 0 Å². The molecule has 1 fully saturated rings. The molecule has 0 aliphatic carbocycles. The van der Waals surface area contributed by atoms with E-state index < -0.39 is 0 Å². The number of benzene rings is 1. The molecule has 1 N–H and O–H groups in total. The molecule has 1 aliphatic heterocycles. The summed E-state index contributed by atoms with van der Waals surface area (Å²) in [6.45, 7) is 13.7. The molecule has 0 bridgehead atoms. The van der Waals surface area contributed by atoms with Crippen LogP contribution in [0.15, 0.2) is 24.3 Å². The molecule has 0 amide bonds. The van der Waals surface area contributed by atoms with Gasteiger partial charge in [-0.3, -0.25) is 0 Å². The fourth-order valence-corrected chi connectivity index (χ4v) is 3.34. The van der Waals surface area contributed by atoms with Crippen molar-refractivity contribution in [2.24, 2.45) is 5.92 Å². The van der Waals surface area contributed by atoms with E-state index in [2.05, 4.69) is 69.1 Å². The van der Waals surface area contributed by atoms with Gasteiger partial charge in [-0.1, -0.05) is 39.8 Å². The monoisotopic (exact) mass is 274 g/mol. The highest BCUT2D eigenvalue weighted by atomic mass is 15.2. The van der Waals surface area contributed by atoms with Crippen LogP contribution >= 0.6 is 0 Å². The Balaban J connectivity index is 2.15. The van der Waals surface area contributed by atoms with E-state index in [9.17, 15) is 0 Å². The van der Waals surface area contributed by atoms with Crippen LogP contribution < -0.4 is 10.2 Å². The molecule has 1 saturated heterocycles. The Labute approximate surface area is 124 Å². The summed E-state index contributed by atoms with van der Waals surface area (Å²) in [5.74, 6) is 1.29. The van der Waals surface area contributed by atoms with E-state index in [-0.39, 0.29) is 0 Å². The van der Waals surface area contributed by atoms with Crippen molar-refractivity contribution in [3.63, 3.8) is 0 Å². The summed E-state index contributed by atoms with van der Waals surface area (Å²) in [7, 11) is 0. The van der Waals surface area contributed by atoms with Gasteiger partial charge in [0.2, 0.25) is 0 Å². The van der Waals surface area contributed by atoms with Gasteiger partial charge >= 0.3 is 0 Å². The van der Waals surface area contributed by atoms with Gasteiger partial charge in [-0.25, -0.2) is 0 Å². The molecule has 0 radical (unpaired) electrons. The predicted molar refractivity (Wildman–Crippen MR) is 88.6 cm³/mol. The second-order valence-corrected chi connectivity index (χ2v) is 6.50. The molecule has 2 heteroatoms. The van der Waals surface area contributed by atoms with Crippen molar-refractivity contribution >= 4 is 5.69 Å². The molecule has 1 heterocycles. The van der Waals surface area contributed by atoms with Crippen molar-refractivity contribution in [2.45, 2.75) is 59.0 Å². The summed E-state index contributed by atoms with van der Waals surface area (Å²) < 4.78 is 0. The summed E-state index contributed by atoms with van der Waals surface area (Å²) in [6, 6.07) is 10.4. The Morgan fingerprint density at radius 3 is 2.70 bits per heavy atom. The first-order valence-corrected chi connectivity index (χ1v) is 8.14. The average Bonchev–Trinajstić information content (AvgIpc) is 2.44. The van der Waals surface area contributed by atoms with E-state index in [1.54, 1.807) is 0 Å². The van der Waals surface area contributed by atoms with Gasteiger partial charge in [0.25, 0.3) is 0 Å². The number of anilines is 1. The first-order chi connectivity index (χ1) is 9.54. The Kier molecular flexibility index (Phi) is 5.09. The second kappa shape index (κ2) is 6.62. The van der Waals surface area contributed by atoms with Crippen molar-refractivity contribution in [2.75, 3.05) is 18.0 Å². The van der Waals surface area contributed by atoms with Gasteiger partial charge in [0.15, 0.2) is 0 Å². The quantitative estimate of drug-likeness (QED) is 0.892. The Hall–Kier alpha value is -1.02. The van der Waals surface area contributed by atoms with Crippen LogP contribution in [0.25, 0.3) is 0 Å². The molecule has 1 aliphatic rings. The highest BCUT2D eigenvalue weighted by Crippen LogP contribution is 2.30. The first kappa shape index (κ1) is 15.4. The average molecular weight is 274 g/mol. The third kappa shape index (κ3) is 3.17. The molecule has 2 rings (SSSR count). The van der Waals surface area contributed by atoms with Crippen LogP contribution in [0.2, 0.25) is 0 Å². The Morgan fingerprint density at radius 2 is 2.05 bits per heavy atom. The number of hydrogen-bond acceptors (Lipinski definition) is 2. The number of nitrogens with zero attached hydrogens (tertiary/aromatic N) is 1. The van der Waals surface area contributed by atoms with Crippen molar-refractivity contribution < 1.29 is 0 Å². The lowest BCUT2D eigenvalue weighted by molar-refractivity contribution is 0.274. The molecule has 0 saturated carbocycles. The van der Waals surface area contributed by atoms with E-state index in [4.69, 9.17) is 0 Å². The second-order valence-electron chi connectivity index (χ2n) is 6.50. The molecule has 3 unspecified atom stereocenters. The van der Waals surface area contributed by atoms with E-state index >= 15 is 0 Å². The molecule has 20 heavy (non-hydrogen) atoms. The van der Waals surface area contributed by atoms with Crippen molar-refractivity contribution in [3.05, 3.63) is 29.8 Å². The van der Waals surface area contributed by atoms with Gasteiger partial charge in [-0.15, -0.1) is 0 Å². The standard InChI is InChI=1S/C18H30N2/c1-6-19-18-10-11-20(15(5)14(18)4)17-9-7-8-16(12-17)13(2)3/h7-9,12-15,18-19H,6,10-11H2,1-5H3. The largest absolute Gasteiger partial charge is 0.368 e. The maximum absolute atomic E-state index is 3.64. The van der Waals surface area contributed by atoms with Gasteiger partial charge in [0, 0.05) is 24.3 Å². The van der Waals surface area contributed by atoms with Crippen molar-refractivity contribution in [3.8, 4) is 0 Å². The van der Waals surface area contributed by atoms with Crippen LogP contribution in [0, 0.1) is 5.92 Å². The Bertz CT molecular complexity index is 427. The van der Waals surface area contributed by atoms with Crippen LogP contribution in [0.1, 0.15) is 52.5 Å². The van der Waals surface area contributed by atoms with Crippen LogP contribution in [-0.4, -0.2) is 25.2 Å². The minimum Gasteiger partial charge on any atom is -0.368 e. The minimum atomic E-state index is 0.593. The number of nitrogens with one attached hydrogen (secondary N) is 1. The zero-order valence-electron chi connectivity index (χ0n) is 13.7. The van der Waals surface area contributed by atoms with Gasteiger partial charge in [-0.05, 0) is 49.4 Å². The summed E-state index contributed by atoms with van der Waals surface area (Å²) in [5, 5.41) is 3.64. The SMILES string of the molecule is CCNC1CCN(c2cccc(C(C)C)c2)C(C)C1C. The molecule has 0 spiro atoms. The van der Waals surface area contributed by atoms with Crippen LogP contribution in [0.4, 0.5) is 5.69 Å². The van der Waals surface area contributed by atoms with Crippen molar-refractivity contribution in [1.29, 1.82) is 0 Å². The molecule has 112 valence electrons. The number of piperidine rings is 1. The van der Waals surface area contributed by atoms with E-state index in [1.165, 1.54) is 17.7 Å². The highest BCUT2D eigenvalue weighted by molar-refractivity contribution is 5.50. The fourth-order valence-electron chi connectivity index (χ4n) is 3.34. The molecule has 2 nitrogen and oxygen atoms in total. The van der Waals surface area contributed by atoms with Crippen molar-refractivity contribution in [1.82, 2.24) is 5.32 Å². The lowest BCUT2D eigenvalue weighted by atomic mass is 9.86. The summed E-state index contributed by atoms with van der Waals surface area (Å²) in [5.41, 5.74) is 2.83. The minimum absolute atomic E-state index is 0.593. The Morgan fingerprint density at radius 1 is 1.30 bits per heavy atom. The maximum atomic E-state index is 3.64. The fraction of sp³-hybridized carbons (Fsp3) is 0.667. The molecule has 1 aromatic carbocycles. The van der Waals surface area contributed by atoms with E-state index in [1.807, 2.05) is 0 Å². The zero-order valence-corrected chi connectivity index (χ0v) is 13.7.